The van der Waals surface area contributed by atoms with Gasteiger partial charge in [-0.1, -0.05) is 128 Å². The lowest BCUT2D eigenvalue weighted by Gasteiger charge is -2.19. The smallest absolute Gasteiger partial charge is 0.328 e. The zero-order valence-corrected chi connectivity index (χ0v) is 22.6. The summed E-state index contributed by atoms with van der Waals surface area (Å²) in [7, 11) is 0. The van der Waals surface area contributed by atoms with E-state index in [0.717, 1.165) is 12.8 Å². The van der Waals surface area contributed by atoms with E-state index >= 15 is 0 Å². The quantitative estimate of drug-likeness (QED) is 0.146. The Morgan fingerprint density at radius 1 is 0.824 bits per heavy atom. The molecule has 0 aliphatic heterocycles. The Morgan fingerprint density at radius 2 is 1.32 bits per heavy atom. The van der Waals surface area contributed by atoms with Gasteiger partial charge >= 0.3 is 5.97 Å². The van der Waals surface area contributed by atoms with Crippen LogP contribution in [0.5, 0.6) is 0 Å². The van der Waals surface area contributed by atoms with Crippen LogP contribution in [-0.4, -0.2) is 24.5 Å². The maximum Gasteiger partial charge on any atom is 0.328 e. The van der Waals surface area contributed by atoms with Crippen molar-refractivity contribution < 1.29 is 14.3 Å². The number of hydrogen-bond donors (Lipinski definition) is 1. The number of amides is 1. The summed E-state index contributed by atoms with van der Waals surface area (Å²) in [6.45, 7) is 6.72. The van der Waals surface area contributed by atoms with Crippen molar-refractivity contribution >= 4 is 23.5 Å². The first-order chi connectivity index (χ1) is 16.5. The summed E-state index contributed by atoms with van der Waals surface area (Å²) in [4.78, 5) is 25.2. The van der Waals surface area contributed by atoms with E-state index in [1.807, 2.05) is 13.8 Å². The molecule has 0 radical (unpaired) electrons. The average Bonchev–Trinajstić information content (AvgIpc) is 2.81. The van der Waals surface area contributed by atoms with Crippen molar-refractivity contribution in [1.29, 1.82) is 0 Å². The molecule has 0 heterocycles. The van der Waals surface area contributed by atoms with Crippen molar-refractivity contribution in [2.24, 2.45) is 5.92 Å². The monoisotopic (exact) mass is 493 g/mol. The Kier molecular flexibility index (Phi) is 17.7. The van der Waals surface area contributed by atoms with Crippen molar-refractivity contribution in [3.63, 3.8) is 0 Å². The second-order valence-electron chi connectivity index (χ2n) is 9.90. The zero-order valence-electron chi connectivity index (χ0n) is 21.9. The van der Waals surface area contributed by atoms with E-state index in [9.17, 15) is 9.59 Å². The fraction of sp³-hybridized carbons (Fsp3) is 0.724. The second kappa shape index (κ2) is 19.7. The van der Waals surface area contributed by atoms with Gasteiger partial charge in [-0.05, 0) is 30.9 Å². The highest BCUT2D eigenvalue weighted by atomic mass is 35.5. The van der Waals surface area contributed by atoms with Crippen LogP contribution in [0.1, 0.15) is 127 Å². The maximum atomic E-state index is 12.6. The van der Waals surface area contributed by atoms with Gasteiger partial charge in [0.15, 0.2) is 0 Å². The van der Waals surface area contributed by atoms with Crippen molar-refractivity contribution in [3.8, 4) is 0 Å². The van der Waals surface area contributed by atoms with Crippen LogP contribution in [0.25, 0.3) is 0 Å². The van der Waals surface area contributed by atoms with E-state index in [1.165, 1.54) is 77.0 Å². The van der Waals surface area contributed by atoms with Crippen LogP contribution in [-0.2, 0) is 9.53 Å². The number of carbonyl (C=O) groups excluding carboxylic acids is 2. The average molecular weight is 494 g/mol. The van der Waals surface area contributed by atoms with Crippen LogP contribution in [0.15, 0.2) is 24.3 Å². The maximum absolute atomic E-state index is 12.6. The molecule has 34 heavy (non-hydrogen) atoms. The van der Waals surface area contributed by atoms with E-state index in [4.69, 9.17) is 16.3 Å². The van der Waals surface area contributed by atoms with Crippen LogP contribution in [0.3, 0.4) is 0 Å². The van der Waals surface area contributed by atoms with Gasteiger partial charge in [-0.25, -0.2) is 4.79 Å². The largest absolute Gasteiger partial charge is 0.464 e. The van der Waals surface area contributed by atoms with E-state index in [-0.39, 0.29) is 17.8 Å². The minimum absolute atomic E-state index is 0.255. The molecule has 4 nitrogen and oxygen atoms in total. The Labute approximate surface area is 213 Å². The van der Waals surface area contributed by atoms with Gasteiger partial charge in [0.2, 0.25) is 0 Å². The van der Waals surface area contributed by atoms with Gasteiger partial charge in [0, 0.05) is 0 Å². The third-order valence-electron chi connectivity index (χ3n) is 6.16. The van der Waals surface area contributed by atoms with E-state index in [0.29, 0.717) is 23.6 Å². The summed E-state index contributed by atoms with van der Waals surface area (Å²) in [5.74, 6) is -0.446. The molecule has 1 atom stereocenters. The number of ether oxygens (including phenoxy) is 1. The van der Waals surface area contributed by atoms with Crippen molar-refractivity contribution in [1.82, 2.24) is 5.32 Å². The van der Waals surface area contributed by atoms with E-state index in [1.54, 1.807) is 24.3 Å². The molecular weight excluding hydrogens is 446 g/mol. The van der Waals surface area contributed by atoms with Crippen LogP contribution < -0.4 is 5.32 Å². The molecule has 194 valence electrons. The number of unbranched alkanes of at least 4 members (excludes halogenated alkanes) is 13. The first-order valence-corrected chi connectivity index (χ1v) is 14.1. The van der Waals surface area contributed by atoms with Crippen LogP contribution in [0.4, 0.5) is 0 Å². The zero-order chi connectivity index (χ0) is 25.0. The van der Waals surface area contributed by atoms with Gasteiger partial charge in [0.1, 0.15) is 6.04 Å². The van der Waals surface area contributed by atoms with Gasteiger partial charge in [0.05, 0.1) is 17.2 Å². The Hall–Kier alpha value is -1.55. The van der Waals surface area contributed by atoms with Gasteiger partial charge in [-0.2, -0.15) is 0 Å². The Bertz CT molecular complexity index is 677. The minimum Gasteiger partial charge on any atom is -0.464 e. The normalized spacial score (nSPS) is 12.0. The third-order valence-corrected chi connectivity index (χ3v) is 6.49. The van der Waals surface area contributed by atoms with Crippen LogP contribution in [0, 0.1) is 5.92 Å². The summed E-state index contributed by atoms with van der Waals surface area (Å²) in [5, 5.41) is 3.18. The molecule has 0 aliphatic rings. The predicted octanol–water partition coefficient (Wildman–Crippen LogP) is 8.51. The van der Waals surface area contributed by atoms with E-state index in [2.05, 4.69) is 12.2 Å². The fourth-order valence-corrected chi connectivity index (χ4v) is 4.36. The molecule has 1 rings (SSSR count). The summed E-state index contributed by atoms with van der Waals surface area (Å²) in [6.07, 6.45) is 18.6. The number of benzene rings is 1. The number of hydrogen-bond acceptors (Lipinski definition) is 3. The molecule has 0 saturated heterocycles. The minimum atomic E-state index is -0.657. The molecule has 1 aromatic carbocycles. The molecule has 1 amide bonds. The number of halogens is 1. The number of carbonyl (C=O) groups is 2. The Balaban J connectivity index is 2.14. The van der Waals surface area contributed by atoms with Crippen molar-refractivity contribution in [2.75, 3.05) is 6.61 Å². The van der Waals surface area contributed by atoms with Crippen molar-refractivity contribution in [3.05, 3.63) is 34.9 Å². The van der Waals surface area contributed by atoms with E-state index < -0.39 is 6.04 Å². The first-order valence-electron chi connectivity index (χ1n) is 13.7. The molecular formula is C29H48ClNO3. The topological polar surface area (TPSA) is 55.4 Å². The predicted molar refractivity (Wildman–Crippen MR) is 143 cm³/mol. The highest BCUT2D eigenvalue weighted by molar-refractivity contribution is 6.33. The van der Waals surface area contributed by atoms with Crippen molar-refractivity contribution in [2.45, 2.75) is 123 Å². The summed E-state index contributed by atoms with van der Waals surface area (Å²) in [5.41, 5.74) is 0.373. The third kappa shape index (κ3) is 14.7. The number of rotatable bonds is 20. The first kappa shape index (κ1) is 30.5. The summed E-state index contributed by atoms with van der Waals surface area (Å²) in [6, 6.07) is 6.20. The summed E-state index contributed by atoms with van der Waals surface area (Å²) >= 11 is 6.12. The van der Waals surface area contributed by atoms with Gasteiger partial charge in [0.25, 0.3) is 5.91 Å². The molecule has 0 aromatic heterocycles. The lowest BCUT2D eigenvalue weighted by molar-refractivity contribution is -0.146. The Morgan fingerprint density at radius 3 is 1.82 bits per heavy atom. The molecule has 0 aliphatic carbocycles. The molecule has 1 unspecified atom stereocenters. The summed E-state index contributed by atoms with van der Waals surface area (Å²) < 4.78 is 5.49. The van der Waals surface area contributed by atoms with Crippen LogP contribution in [0.2, 0.25) is 5.02 Å². The molecule has 1 aromatic rings. The van der Waals surface area contributed by atoms with Gasteiger partial charge in [-0.15, -0.1) is 0 Å². The number of esters is 1. The second-order valence-corrected chi connectivity index (χ2v) is 10.3. The lowest BCUT2D eigenvalue weighted by atomic mass is 10.0. The molecule has 5 heteroatoms. The molecule has 0 saturated carbocycles. The van der Waals surface area contributed by atoms with Gasteiger partial charge in [-0.3, -0.25) is 4.79 Å². The molecule has 1 N–H and O–H groups in total. The highest BCUT2D eigenvalue weighted by Crippen LogP contribution is 2.16. The molecule has 0 bridgehead atoms. The molecule has 0 spiro atoms. The van der Waals surface area contributed by atoms with Crippen LogP contribution >= 0.6 is 11.6 Å². The standard InChI is InChI=1S/C29H48ClNO3/c1-4-5-6-7-8-9-10-11-12-13-14-15-16-19-22-34-29(33)27(23-24(2)3)31-28(32)25-20-17-18-21-26(25)30/h17-18,20-21,24,27H,4-16,19,22-23H2,1-3H3,(H,31,32). The highest BCUT2D eigenvalue weighted by Gasteiger charge is 2.24. The SMILES string of the molecule is CCCCCCCCCCCCCCCCOC(=O)C(CC(C)C)NC(=O)c1ccccc1Cl. The number of nitrogens with one attached hydrogen (secondary N) is 1. The van der Waals surface area contributed by atoms with Gasteiger partial charge < -0.3 is 10.1 Å². The lowest BCUT2D eigenvalue weighted by Crippen LogP contribution is -2.42. The fourth-order valence-electron chi connectivity index (χ4n) is 4.14. The molecule has 0 fully saturated rings.